The molecule has 0 aliphatic carbocycles. The number of rotatable bonds is 8. The second-order valence-corrected chi connectivity index (χ2v) is 6.91. The summed E-state index contributed by atoms with van der Waals surface area (Å²) in [6.07, 6.45) is 1.74. The van der Waals surface area contributed by atoms with Crippen LogP contribution >= 0.6 is 11.6 Å². The lowest BCUT2D eigenvalue weighted by molar-refractivity contribution is -0.384. The minimum absolute atomic E-state index is 0.0132. The van der Waals surface area contributed by atoms with Gasteiger partial charge in [0.25, 0.3) is 5.69 Å². The van der Waals surface area contributed by atoms with Crippen LogP contribution in [0.2, 0.25) is 5.02 Å². The zero-order chi connectivity index (χ0) is 20.1. The topological polar surface area (TPSA) is 94.1 Å². The van der Waals surface area contributed by atoms with E-state index in [1.165, 1.54) is 12.1 Å². The first kappa shape index (κ1) is 20.0. The molecule has 8 heteroatoms. The molecule has 0 saturated carbocycles. The fourth-order valence-corrected chi connectivity index (χ4v) is 3.35. The van der Waals surface area contributed by atoms with Crippen LogP contribution in [0.1, 0.15) is 38.1 Å². The molecule has 7 nitrogen and oxygen atoms in total. The van der Waals surface area contributed by atoms with Crippen LogP contribution in [0.4, 0.5) is 5.69 Å². The number of aromatic nitrogens is 2. The van der Waals surface area contributed by atoms with Gasteiger partial charge < -0.3 is 4.52 Å². The average Bonchev–Trinajstić information content (AvgIpc) is 3.19. The molecule has 3 aromatic rings. The van der Waals surface area contributed by atoms with Crippen molar-refractivity contribution in [3.8, 4) is 11.4 Å². The summed E-state index contributed by atoms with van der Waals surface area (Å²) < 4.78 is 5.34. The van der Waals surface area contributed by atoms with E-state index in [4.69, 9.17) is 16.1 Å². The van der Waals surface area contributed by atoms with Crippen LogP contribution in [0.5, 0.6) is 0 Å². The van der Waals surface area contributed by atoms with Gasteiger partial charge in [0.05, 0.1) is 11.5 Å². The summed E-state index contributed by atoms with van der Waals surface area (Å²) >= 11 is 6.02. The van der Waals surface area contributed by atoms with Crippen molar-refractivity contribution in [2.75, 3.05) is 0 Å². The van der Waals surface area contributed by atoms with E-state index in [-0.39, 0.29) is 11.2 Å². The van der Waals surface area contributed by atoms with Crippen LogP contribution in [-0.2, 0) is 12.1 Å². The SMILES string of the molecule is CCC(CC)(NCc1nc(-c2cccc([N+](=O)[O-])c2)no1)c1ccc(Cl)cc1. The summed E-state index contributed by atoms with van der Waals surface area (Å²) in [6, 6.07) is 14.0. The van der Waals surface area contributed by atoms with Gasteiger partial charge in [0.2, 0.25) is 11.7 Å². The third kappa shape index (κ3) is 4.21. The highest BCUT2D eigenvalue weighted by molar-refractivity contribution is 6.30. The second kappa shape index (κ2) is 8.50. The van der Waals surface area contributed by atoms with Gasteiger partial charge in [-0.05, 0) is 30.5 Å². The van der Waals surface area contributed by atoms with Crippen molar-refractivity contribution in [3.63, 3.8) is 0 Å². The number of hydrogen-bond donors (Lipinski definition) is 1. The summed E-state index contributed by atoms with van der Waals surface area (Å²) in [6.45, 7) is 4.62. The molecule has 0 atom stereocenters. The summed E-state index contributed by atoms with van der Waals surface area (Å²) in [5, 5.41) is 19.1. The van der Waals surface area contributed by atoms with Crippen molar-refractivity contribution >= 4 is 17.3 Å². The van der Waals surface area contributed by atoms with Crippen LogP contribution in [0.3, 0.4) is 0 Å². The van der Waals surface area contributed by atoms with E-state index in [1.54, 1.807) is 12.1 Å². The second-order valence-electron chi connectivity index (χ2n) is 6.47. The average molecular weight is 401 g/mol. The summed E-state index contributed by atoms with van der Waals surface area (Å²) in [5.74, 6) is 0.743. The summed E-state index contributed by atoms with van der Waals surface area (Å²) in [7, 11) is 0. The number of benzene rings is 2. The zero-order valence-electron chi connectivity index (χ0n) is 15.7. The normalized spacial score (nSPS) is 11.5. The van der Waals surface area contributed by atoms with E-state index < -0.39 is 4.92 Å². The van der Waals surface area contributed by atoms with Gasteiger partial charge in [-0.3, -0.25) is 15.4 Å². The van der Waals surface area contributed by atoms with Gasteiger partial charge in [-0.25, -0.2) is 0 Å². The lowest BCUT2D eigenvalue weighted by Gasteiger charge is -2.33. The Morgan fingerprint density at radius 3 is 2.54 bits per heavy atom. The lowest BCUT2D eigenvalue weighted by atomic mass is 9.84. The van der Waals surface area contributed by atoms with Crippen LogP contribution in [-0.4, -0.2) is 15.1 Å². The first-order chi connectivity index (χ1) is 13.5. The van der Waals surface area contributed by atoms with Gasteiger partial charge >= 0.3 is 0 Å². The molecule has 0 amide bonds. The van der Waals surface area contributed by atoms with Gasteiger partial charge in [-0.1, -0.05) is 54.9 Å². The molecule has 146 valence electrons. The number of non-ortho nitro benzene ring substituents is 1. The number of halogens is 1. The number of nitro benzene ring substituents is 1. The molecule has 0 bridgehead atoms. The third-order valence-corrected chi connectivity index (χ3v) is 5.22. The van der Waals surface area contributed by atoms with E-state index in [0.29, 0.717) is 28.8 Å². The molecule has 28 heavy (non-hydrogen) atoms. The van der Waals surface area contributed by atoms with E-state index in [1.807, 2.05) is 24.3 Å². The fraction of sp³-hybridized carbons (Fsp3) is 0.300. The fourth-order valence-electron chi connectivity index (χ4n) is 3.23. The molecule has 2 aromatic carbocycles. The van der Waals surface area contributed by atoms with Crippen LogP contribution in [0, 0.1) is 10.1 Å². The lowest BCUT2D eigenvalue weighted by Crippen LogP contribution is -2.41. The Labute approximate surface area is 167 Å². The van der Waals surface area contributed by atoms with Crippen LogP contribution < -0.4 is 5.32 Å². The van der Waals surface area contributed by atoms with Gasteiger partial charge in [0.15, 0.2) is 0 Å². The number of nitrogens with one attached hydrogen (secondary N) is 1. The third-order valence-electron chi connectivity index (χ3n) is 4.97. The van der Waals surface area contributed by atoms with E-state index in [9.17, 15) is 10.1 Å². The van der Waals surface area contributed by atoms with Crippen molar-refractivity contribution < 1.29 is 9.45 Å². The van der Waals surface area contributed by atoms with Gasteiger partial charge in [0, 0.05) is 28.3 Å². The maximum atomic E-state index is 10.9. The molecule has 0 aliphatic rings. The van der Waals surface area contributed by atoms with Gasteiger partial charge in [0.1, 0.15) is 0 Å². The molecular formula is C20H21ClN4O3. The van der Waals surface area contributed by atoms with E-state index in [0.717, 1.165) is 18.4 Å². The Morgan fingerprint density at radius 2 is 1.89 bits per heavy atom. The first-order valence-electron chi connectivity index (χ1n) is 9.06. The molecule has 1 N–H and O–H groups in total. The minimum Gasteiger partial charge on any atom is -0.338 e. The number of hydrogen-bond acceptors (Lipinski definition) is 6. The first-order valence-corrected chi connectivity index (χ1v) is 9.43. The highest BCUT2D eigenvalue weighted by Crippen LogP contribution is 2.30. The highest BCUT2D eigenvalue weighted by atomic mass is 35.5. The zero-order valence-corrected chi connectivity index (χ0v) is 16.4. The molecular weight excluding hydrogens is 380 g/mol. The minimum atomic E-state index is -0.449. The molecule has 0 radical (unpaired) electrons. The Bertz CT molecular complexity index is 952. The Balaban J connectivity index is 1.78. The van der Waals surface area contributed by atoms with Crippen molar-refractivity contribution in [2.45, 2.75) is 38.8 Å². The molecule has 0 fully saturated rings. The van der Waals surface area contributed by atoms with Crippen LogP contribution in [0.25, 0.3) is 11.4 Å². The predicted molar refractivity (Wildman–Crippen MR) is 107 cm³/mol. The molecule has 1 aromatic heterocycles. The summed E-state index contributed by atoms with van der Waals surface area (Å²) in [5.41, 5.74) is 1.42. The maximum absolute atomic E-state index is 10.9. The Hall–Kier alpha value is -2.77. The quantitative estimate of drug-likeness (QED) is 0.417. The Kier molecular flexibility index (Phi) is 6.06. The maximum Gasteiger partial charge on any atom is 0.270 e. The van der Waals surface area contributed by atoms with E-state index >= 15 is 0 Å². The molecule has 0 spiro atoms. The molecule has 3 rings (SSSR count). The van der Waals surface area contributed by atoms with Crippen molar-refractivity contribution in [2.24, 2.45) is 0 Å². The standard InChI is InChI=1S/C20H21ClN4O3/c1-3-20(4-2,15-8-10-16(21)11-9-15)22-13-18-23-19(24-28-18)14-6-5-7-17(12-14)25(26)27/h5-12,22H,3-4,13H2,1-2H3. The summed E-state index contributed by atoms with van der Waals surface area (Å²) in [4.78, 5) is 14.9. The van der Waals surface area contributed by atoms with Crippen molar-refractivity contribution in [3.05, 3.63) is 75.1 Å². The smallest absolute Gasteiger partial charge is 0.270 e. The highest BCUT2D eigenvalue weighted by Gasteiger charge is 2.28. The molecule has 0 saturated heterocycles. The molecule has 0 unspecified atom stereocenters. The van der Waals surface area contributed by atoms with Gasteiger partial charge in [-0.15, -0.1) is 0 Å². The Morgan fingerprint density at radius 1 is 1.18 bits per heavy atom. The molecule has 1 heterocycles. The largest absolute Gasteiger partial charge is 0.338 e. The van der Waals surface area contributed by atoms with Crippen molar-refractivity contribution in [1.82, 2.24) is 15.5 Å². The van der Waals surface area contributed by atoms with Crippen molar-refractivity contribution in [1.29, 1.82) is 0 Å². The monoisotopic (exact) mass is 400 g/mol. The number of nitro groups is 1. The molecule has 0 aliphatic heterocycles. The van der Waals surface area contributed by atoms with Gasteiger partial charge in [-0.2, -0.15) is 4.98 Å². The van der Waals surface area contributed by atoms with E-state index in [2.05, 4.69) is 29.3 Å². The van der Waals surface area contributed by atoms with Crippen LogP contribution in [0.15, 0.2) is 53.1 Å². The predicted octanol–water partition coefficient (Wildman–Crippen LogP) is 5.10. The number of nitrogens with zero attached hydrogens (tertiary/aromatic N) is 3.